The third-order valence-corrected chi connectivity index (χ3v) is 8.96. The molecule has 2 heterocycles. The molecular formula is C26H30ClF3N4O5S. The number of hydrogen-bond acceptors (Lipinski definition) is 5. The first-order valence-corrected chi connectivity index (χ1v) is 14.7. The second-order valence-corrected chi connectivity index (χ2v) is 12.3. The van der Waals surface area contributed by atoms with E-state index in [2.05, 4.69) is 0 Å². The van der Waals surface area contributed by atoms with Crippen LogP contribution in [-0.2, 0) is 16.2 Å². The van der Waals surface area contributed by atoms with Crippen LogP contribution in [0, 0.1) is 0 Å². The van der Waals surface area contributed by atoms with Crippen molar-refractivity contribution in [2.45, 2.75) is 18.1 Å². The molecule has 2 atom stereocenters. The molecule has 14 heteroatoms. The van der Waals surface area contributed by atoms with E-state index in [0.29, 0.717) is 5.02 Å². The summed E-state index contributed by atoms with van der Waals surface area (Å²) in [6.45, 7) is 1.20. The van der Waals surface area contributed by atoms with Crippen LogP contribution in [0.1, 0.15) is 27.4 Å². The van der Waals surface area contributed by atoms with Gasteiger partial charge in [-0.25, -0.2) is 13.2 Å². The Hall–Kier alpha value is -3.03. The van der Waals surface area contributed by atoms with Gasteiger partial charge in [-0.1, -0.05) is 23.7 Å². The number of urea groups is 1. The van der Waals surface area contributed by atoms with Crippen molar-refractivity contribution in [3.63, 3.8) is 0 Å². The summed E-state index contributed by atoms with van der Waals surface area (Å²) < 4.78 is 70.7. The SMILES string of the molecule is COc1ccc(C(=O)N(C)[C@@H]2CN(C(=O)N3CCN(S(C)(=O)=O)CC3)C[C@H]2c2ccc(Cl)cc2)cc1C(F)(F)F. The molecule has 9 nitrogen and oxygen atoms in total. The number of rotatable bonds is 5. The number of amides is 3. The van der Waals surface area contributed by atoms with Gasteiger partial charge in [-0.05, 0) is 35.9 Å². The Morgan fingerprint density at radius 3 is 2.17 bits per heavy atom. The zero-order valence-corrected chi connectivity index (χ0v) is 23.8. The van der Waals surface area contributed by atoms with E-state index in [1.807, 2.05) is 0 Å². The number of ether oxygens (including phenoxy) is 1. The molecule has 0 unspecified atom stereocenters. The Kier molecular flexibility index (Phi) is 8.57. The second kappa shape index (κ2) is 11.5. The zero-order chi connectivity index (χ0) is 29.4. The van der Waals surface area contributed by atoms with E-state index in [9.17, 15) is 31.2 Å². The molecule has 2 aromatic carbocycles. The average Bonchev–Trinajstić information content (AvgIpc) is 3.36. The molecule has 2 aromatic rings. The first kappa shape index (κ1) is 29.9. The standard InChI is InChI=1S/C26H30ClF3N4O5S/c1-31(24(35)18-6-9-23(39-2)21(14-18)26(28,29)30)22-16-33(15-20(22)17-4-7-19(27)8-5-17)25(36)32-10-12-34(13-11-32)40(3,37)38/h4-9,14,20,22H,10-13,15-16H2,1-3H3/t20-,22+/m0/s1. The number of sulfonamides is 1. The minimum atomic E-state index is -4.72. The summed E-state index contributed by atoms with van der Waals surface area (Å²) in [5.41, 5.74) is -0.399. The average molecular weight is 603 g/mol. The normalized spacial score (nSPS) is 20.5. The number of likely N-dealkylation sites (N-methyl/N-ethyl adjacent to an activating group) is 1. The highest BCUT2D eigenvalue weighted by Crippen LogP contribution is 2.38. The Bertz CT molecular complexity index is 1370. The van der Waals surface area contributed by atoms with Crippen LogP contribution in [0.3, 0.4) is 0 Å². The molecule has 40 heavy (non-hydrogen) atoms. The lowest BCUT2D eigenvalue weighted by Crippen LogP contribution is -2.53. The summed E-state index contributed by atoms with van der Waals surface area (Å²) in [5.74, 6) is -1.36. The van der Waals surface area contributed by atoms with Crippen LogP contribution >= 0.6 is 11.6 Å². The van der Waals surface area contributed by atoms with Crippen molar-refractivity contribution in [2.24, 2.45) is 0 Å². The molecule has 0 aromatic heterocycles. The number of nitrogens with zero attached hydrogens (tertiary/aromatic N) is 4. The van der Waals surface area contributed by atoms with E-state index in [-0.39, 0.29) is 62.5 Å². The second-order valence-electron chi connectivity index (χ2n) is 9.89. The molecule has 2 aliphatic rings. The Morgan fingerprint density at radius 2 is 1.62 bits per heavy atom. The fourth-order valence-corrected chi connectivity index (χ4v) is 6.15. The van der Waals surface area contributed by atoms with Crippen molar-refractivity contribution in [1.29, 1.82) is 0 Å². The van der Waals surface area contributed by atoms with Gasteiger partial charge in [0.2, 0.25) is 10.0 Å². The van der Waals surface area contributed by atoms with Gasteiger partial charge in [0.05, 0.1) is 25.0 Å². The molecule has 0 saturated carbocycles. The third kappa shape index (κ3) is 6.31. The van der Waals surface area contributed by atoms with Crippen LogP contribution in [-0.4, -0.2) is 105 Å². The van der Waals surface area contributed by atoms with Gasteiger partial charge >= 0.3 is 12.2 Å². The lowest BCUT2D eigenvalue weighted by molar-refractivity contribution is -0.138. The summed E-state index contributed by atoms with van der Waals surface area (Å²) in [5, 5.41) is 0.511. The molecule has 3 amide bonds. The predicted molar refractivity (Wildman–Crippen MR) is 143 cm³/mol. The number of likely N-dealkylation sites (tertiary alicyclic amines) is 1. The number of halogens is 4. The highest BCUT2D eigenvalue weighted by molar-refractivity contribution is 7.88. The van der Waals surface area contributed by atoms with Gasteiger partial charge in [-0.3, -0.25) is 4.79 Å². The summed E-state index contributed by atoms with van der Waals surface area (Å²) in [7, 11) is -0.735. The van der Waals surface area contributed by atoms with Crippen molar-refractivity contribution in [3.8, 4) is 5.75 Å². The molecule has 0 aliphatic carbocycles. The Morgan fingerprint density at radius 1 is 1.00 bits per heavy atom. The molecule has 2 saturated heterocycles. The molecule has 0 radical (unpaired) electrons. The van der Waals surface area contributed by atoms with Crippen LogP contribution in [0.25, 0.3) is 0 Å². The van der Waals surface area contributed by atoms with Gasteiger partial charge in [-0.15, -0.1) is 0 Å². The fraction of sp³-hybridized carbons (Fsp3) is 0.462. The van der Waals surface area contributed by atoms with Crippen LogP contribution in [0.15, 0.2) is 42.5 Å². The first-order chi connectivity index (χ1) is 18.7. The van der Waals surface area contributed by atoms with Gasteiger partial charge < -0.3 is 19.4 Å². The van der Waals surface area contributed by atoms with E-state index < -0.39 is 33.7 Å². The lowest BCUT2D eigenvalue weighted by Gasteiger charge is -2.35. The molecule has 0 spiro atoms. The first-order valence-electron chi connectivity index (χ1n) is 12.5. The van der Waals surface area contributed by atoms with E-state index >= 15 is 0 Å². The quantitative estimate of drug-likeness (QED) is 0.522. The van der Waals surface area contributed by atoms with Crippen molar-refractivity contribution >= 4 is 33.6 Å². The van der Waals surface area contributed by atoms with Crippen molar-refractivity contribution in [3.05, 3.63) is 64.2 Å². The maximum absolute atomic E-state index is 13.6. The van der Waals surface area contributed by atoms with Crippen molar-refractivity contribution in [2.75, 3.05) is 59.7 Å². The minimum absolute atomic E-state index is 0.142. The van der Waals surface area contributed by atoms with Gasteiger partial charge in [0.1, 0.15) is 5.75 Å². The van der Waals surface area contributed by atoms with Crippen molar-refractivity contribution in [1.82, 2.24) is 19.0 Å². The predicted octanol–water partition coefficient (Wildman–Crippen LogP) is 3.60. The van der Waals surface area contributed by atoms with Gasteiger partial charge in [0, 0.05) is 62.8 Å². The fourth-order valence-electron chi connectivity index (χ4n) is 5.20. The summed E-state index contributed by atoms with van der Waals surface area (Å²) in [6.07, 6.45) is -3.59. The highest BCUT2D eigenvalue weighted by Gasteiger charge is 2.42. The minimum Gasteiger partial charge on any atom is -0.496 e. The number of piperazine rings is 1. The summed E-state index contributed by atoms with van der Waals surface area (Å²) in [6, 6.07) is 9.32. The van der Waals surface area contributed by atoms with Crippen molar-refractivity contribution < 1.29 is 35.9 Å². The molecular weight excluding hydrogens is 573 g/mol. The Balaban J connectivity index is 1.59. The third-order valence-electron chi connectivity index (χ3n) is 7.41. The topological polar surface area (TPSA) is 90.5 Å². The van der Waals surface area contributed by atoms with Crippen LogP contribution in [0.2, 0.25) is 5.02 Å². The largest absolute Gasteiger partial charge is 0.496 e. The lowest BCUT2D eigenvalue weighted by atomic mass is 9.93. The molecule has 2 fully saturated rings. The van der Waals surface area contributed by atoms with E-state index in [4.69, 9.17) is 16.3 Å². The number of carbonyl (C=O) groups excluding carboxylic acids is 2. The maximum atomic E-state index is 13.6. The highest BCUT2D eigenvalue weighted by atomic mass is 35.5. The van der Waals surface area contributed by atoms with Crippen LogP contribution in [0.5, 0.6) is 5.75 Å². The molecule has 0 N–H and O–H groups in total. The van der Waals surface area contributed by atoms with E-state index in [1.54, 1.807) is 34.1 Å². The summed E-state index contributed by atoms with van der Waals surface area (Å²) >= 11 is 6.06. The van der Waals surface area contributed by atoms with Gasteiger partial charge in [0.25, 0.3) is 5.91 Å². The monoisotopic (exact) mass is 602 g/mol. The molecule has 0 bridgehead atoms. The Labute approximate surface area is 236 Å². The number of benzene rings is 2. The number of methoxy groups -OCH3 is 1. The van der Waals surface area contributed by atoms with E-state index in [0.717, 1.165) is 31.1 Å². The zero-order valence-electron chi connectivity index (χ0n) is 22.2. The molecule has 218 valence electrons. The van der Waals surface area contributed by atoms with Crippen LogP contribution < -0.4 is 4.74 Å². The number of carbonyl (C=O) groups is 2. The smallest absolute Gasteiger partial charge is 0.419 e. The number of alkyl halides is 3. The van der Waals surface area contributed by atoms with E-state index in [1.165, 1.54) is 22.3 Å². The van der Waals surface area contributed by atoms with Gasteiger partial charge in [0.15, 0.2) is 0 Å². The maximum Gasteiger partial charge on any atom is 0.419 e. The van der Waals surface area contributed by atoms with Gasteiger partial charge in [-0.2, -0.15) is 17.5 Å². The number of hydrogen-bond donors (Lipinski definition) is 0. The molecule has 2 aliphatic heterocycles. The summed E-state index contributed by atoms with van der Waals surface area (Å²) in [4.78, 5) is 31.5. The van der Waals surface area contributed by atoms with Crippen LogP contribution in [0.4, 0.5) is 18.0 Å². The molecule has 4 rings (SSSR count).